The molecule has 0 bridgehead atoms. The largest absolute Gasteiger partial charge is 0.386 e. The number of aliphatic hydroxyl groups is 2. The lowest BCUT2D eigenvalue weighted by molar-refractivity contribution is -0.231. The highest BCUT2D eigenvalue weighted by molar-refractivity contribution is 5.75. The van der Waals surface area contributed by atoms with Crippen LogP contribution < -0.4 is 11.5 Å². The fraction of sp³-hybridized carbons (Fsp3) is 0.889. The first-order valence-corrected chi connectivity index (χ1v) is 5.15. The first-order valence-electron chi connectivity index (χ1n) is 5.15. The van der Waals surface area contributed by atoms with Gasteiger partial charge in [-0.1, -0.05) is 0 Å². The summed E-state index contributed by atoms with van der Waals surface area (Å²) >= 11 is 0. The molecule has 0 aromatic rings. The van der Waals surface area contributed by atoms with Crippen LogP contribution in [0.3, 0.4) is 0 Å². The summed E-state index contributed by atoms with van der Waals surface area (Å²) in [5.74, 6) is -0.00869. The van der Waals surface area contributed by atoms with Crippen molar-refractivity contribution < 1.29 is 14.9 Å². The van der Waals surface area contributed by atoms with Gasteiger partial charge in [-0.05, 0) is 20.5 Å². The molecule has 16 heavy (non-hydrogen) atoms. The van der Waals surface area contributed by atoms with E-state index in [0.717, 1.165) is 0 Å². The van der Waals surface area contributed by atoms with E-state index in [1.165, 1.54) is 0 Å². The normalized spacial score (nSPS) is 35.1. The summed E-state index contributed by atoms with van der Waals surface area (Å²) in [4.78, 5) is 5.68. The van der Waals surface area contributed by atoms with E-state index >= 15 is 0 Å². The van der Waals surface area contributed by atoms with Crippen LogP contribution in [-0.2, 0) is 4.74 Å². The maximum absolute atomic E-state index is 9.70. The van der Waals surface area contributed by atoms with Gasteiger partial charge in [0.2, 0.25) is 0 Å². The van der Waals surface area contributed by atoms with E-state index in [4.69, 9.17) is 16.2 Å². The van der Waals surface area contributed by atoms with Crippen molar-refractivity contribution in [2.24, 2.45) is 16.5 Å². The molecule has 1 saturated heterocycles. The van der Waals surface area contributed by atoms with Gasteiger partial charge in [0.05, 0.1) is 12.6 Å². The van der Waals surface area contributed by atoms with E-state index in [1.807, 2.05) is 19.0 Å². The van der Waals surface area contributed by atoms with Crippen molar-refractivity contribution >= 4 is 5.96 Å². The first-order chi connectivity index (χ1) is 7.41. The van der Waals surface area contributed by atoms with Gasteiger partial charge in [0.25, 0.3) is 0 Å². The number of guanidine groups is 1. The van der Waals surface area contributed by atoms with Crippen molar-refractivity contribution in [3.63, 3.8) is 0 Å². The van der Waals surface area contributed by atoms with Crippen LogP contribution in [-0.4, -0.2) is 66.3 Å². The number of hydrogen-bond donors (Lipinski definition) is 4. The molecule has 0 aromatic heterocycles. The van der Waals surface area contributed by atoms with Gasteiger partial charge in [0, 0.05) is 6.04 Å². The van der Waals surface area contributed by atoms with E-state index in [9.17, 15) is 10.2 Å². The summed E-state index contributed by atoms with van der Waals surface area (Å²) in [6, 6.07) is -0.164. The van der Waals surface area contributed by atoms with Gasteiger partial charge in [0.15, 0.2) is 12.2 Å². The molecule has 0 saturated carbocycles. The van der Waals surface area contributed by atoms with E-state index in [-0.39, 0.29) is 24.7 Å². The molecule has 4 atom stereocenters. The van der Waals surface area contributed by atoms with E-state index in [0.29, 0.717) is 6.42 Å². The average molecular weight is 232 g/mol. The summed E-state index contributed by atoms with van der Waals surface area (Å²) in [7, 11) is 3.67. The van der Waals surface area contributed by atoms with Crippen molar-refractivity contribution in [1.29, 1.82) is 0 Å². The Morgan fingerprint density at radius 1 is 1.44 bits per heavy atom. The third-order valence-electron chi connectivity index (χ3n) is 2.66. The zero-order valence-corrected chi connectivity index (χ0v) is 9.58. The standard InChI is InChI=1S/C9H20N4O3/c1-13(2)6-3-5(4-12-9(10)11)16-8(15)7(6)14/h5-8,14-15H,3-4H2,1-2H3,(H4,10,11,12)/t5-,6?,7?,8+/m0/s1. The molecule has 1 aliphatic heterocycles. The molecule has 94 valence electrons. The monoisotopic (exact) mass is 232 g/mol. The van der Waals surface area contributed by atoms with Crippen LogP contribution in [0.2, 0.25) is 0 Å². The minimum Gasteiger partial charge on any atom is -0.386 e. The molecule has 6 N–H and O–H groups in total. The Hall–Kier alpha value is -0.890. The van der Waals surface area contributed by atoms with Gasteiger partial charge in [-0.25, -0.2) is 0 Å². The Morgan fingerprint density at radius 3 is 2.56 bits per heavy atom. The number of aliphatic imine (C=N–C) groups is 1. The van der Waals surface area contributed by atoms with Crippen LogP contribution in [0.25, 0.3) is 0 Å². The molecule has 0 spiro atoms. The third-order valence-corrected chi connectivity index (χ3v) is 2.66. The van der Waals surface area contributed by atoms with Crippen molar-refractivity contribution in [3.8, 4) is 0 Å². The number of ether oxygens (including phenoxy) is 1. The maximum Gasteiger partial charge on any atom is 0.185 e. The van der Waals surface area contributed by atoms with Crippen LogP contribution in [0.15, 0.2) is 4.99 Å². The smallest absolute Gasteiger partial charge is 0.185 e. The summed E-state index contributed by atoms with van der Waals surface area (Å²) in [5, 5.41) is 19.2. The van der Waals surface area contributed by atoms with Gasteiger partial charge in [-0.15, -0.1) is 0 Å². The highest BCUT2D eigenvalue weighted by Crippen LogP contribution is 2.22. The Morgan fingerprint density at radius 2 is 2.06 bits per heavy atom. The molecular formula is C9H20N4O3. The molecular weight excluding hydrogens is 212 g/mol. The van der Waals surface area contributed by atoms with Crippen molar-refractivity contribution in [3.05, 3.63) is 0 Å². The van der Waals surface area contributed by atoms with Gasteiger partial charge >= 0.3 is 0 Å². The predicted octanol–water partition coefficient (Wildman–Crippen LogP) is -2.34. The van der Waals surface area contributed by atoms with E-state index < -0.39 is 12.4 Å². The van der Waals surface area contributed by atoms with Crippen LogP contribution in [0, 0.1) is 0 Å². The average Bonchev–Trinajstić information content (AvgIpc) is 2.19. The second-order valence-corrected chi connectivity index (χ2v) is 4.17. The van der Waals surface area contributed by atoms with Crippen molar-refractivity contribution in [1.82, 2.24) is 4.90 Å². The maximum atomic E-state index is 9.70. The molecule has 1 aliphatic rings. The topological polar surface area (TPSA) is 117 Å². The van der Waals surface area contributed by atoms with Crippen LogP contribution in [0.4, 0.5) is 0 Å². The number of likely N-dealkylation sites (N-methyl/N-ethyl adjacent to an activating group) is 1. The summed E-state index contributed by atoms with van der Waals surface area (Å²) in [6.07, 6.45) is -1.82. The van der Waals surface area contributed by atoms with Crippen molar-refractivity contribution in [2.45, 2.75) is 31.0 Å². The van der Waals surface area contributed by atoms with Gasteiger partial charge in [-0.2, -0.15) is 0 Å². The molecule has 0 amide bonds. The summed E-state index contributed by atoms with van der Waals surface area (Å²) < 4.78 is 5.19. The second kappa shape index (κ2) is 5.44. The second-order valence-electron chi connectivity index (χ2n) is 4.17. The highest BCUT2D eigenvalue weighted by Gasteiger charge is 2.37. The molecule has 7 nitrogen and oxygen atoms in total. The number of hydrogen-bond acceptors (Lipinski definition) is 5. The quantitative estimate of drug-likeness (QED) is 0.320. The molecule has 1 heterocycles. The minimum absolute atomic E-state index is 0.00869. The molecule has 0 aromatic carbocycles. The lowest BCUT2D eigenvalue weighted by Crippen LogP contribution is -2.54. The Balaban J connectivity index is 2.60. The molecule has 1 rings (SSSR count). The molecule has 1 fully saturated rings. The third kappa shape index (κ3) is 3.31. The zero-order valence-electron chi connectivity index (χ0n) is 9.58. The first kappa shape index (κ1) is 13.2. The lowest BCUT2D eigenvalue weighted by Gasteiger charge is -2.39. The predicted molar refractivity (Wildman–Crippen MR) is 59.7 cm³/mol. The summed E-state index contributed by atoms with van der Waals surface area (Å²) in [5.41, 5.74) is 10.4. The van der Waals surface area contributed by atoms with Crippen LogP contribution in [0.5, 0.6) is 0 Å². The Labute approximate surface area is 94.7 Å². The van der Waals surface area contributed by atoms with Crippen LogP contribution in [0.1, 0.15) is 6.42 Å². The molecule has 0 radical (unpaired) electrons. The van der Waals surface area contributed by atoms with Crippen molar-refractivity contribution in [2.75, 3.05) is 20.6 Å². The van der Waals surface area contributed by atoms with E-state index in [1.54, 1.807) is 0 Å². The lowest BCUT2D eigenvalue weighted by atomic mass is 9.98. The van der Waals surface area contributed by atoms with Gasteiger partial charge in [0.1, 0.15) is 6.10 Å². The number of rotatable bonds is 3. The minimum atomic E-state index is -1.19. The number of nitrogens with zero attached hydrogens (tertiary/aromatic N) is 2. The van der Waals surface area contributed by atoms with Gasteiger partial charge < -0.3 is 31.3 Å². The highest BCUT2D eigenvalue weighted by atomic mass is 16.6. The molecule has 7 heteroatoms. The molecule has 0 aliphatic carbocycles. The Bertz CT molecular complexity index is 255. The summed E-state index contributed by atoms with van der Waals surface area (Å²) in [6.45, 7) is 0.288. The number of aliphatic hydroxyl groups excluding tert-OH is 2. The fourth-order valence-corrected chi connectivity index (χ4v) is 1.77. The SMILES string of the molecule is CN(C)C1C[C@@H](CN=C(N)N)O[C@@H](O)C1O. The van der Waals surface area contributed by atoms with Gasteiger partial charge in [-0.3, -0.25) is 4.99 Å². The Kier molecular flexibility index (Phi) is 4.48. The van der Waals surface area contributed by atoms with Crippen LogP contribution >= 0.6 is 0 Å². The van der Waals surface area contributed by atoms with E-state index in [2.05, 4.69) is 4.99 Å². The molecule has 2 unspecified atom stereocenters. The fourth-order valence-electron chi connectivity index (χ4n) is 1.77. The number of nitrogens with two attached hydrogens (primary N) is 2. The zero-order chi connectivity index (χ0) is 12.3.